The second-order valence-corrected chi connectivity index (χ2v) is 7.54. The van der Waals surface area contributed by atoms with Crippen LogP contribution >= 0.6 is 11.5 Å². The maximum absolute atomic E-state index is 12.3. The summed E-state index contributed by atoms with van der Waals surface area (Å²) in [5.41, 5.74) is 5.71. The summed E-state index contributed by atoms with van der Waals surface area (Å²) in [6.07, 6.45) is 2.52. The zero-order valence-electron chi connectivity index (χ0n) is 12.0. The zero-order chi connectivity index (χ0) is 15.3. The maximum Gasteiger partial charge on any atom is 0.249 e. The summed E-state index contributed by atoms with van der Waals surface area (Å²) in [4.78, 5) is 1.93. The topological polar surface area (TPSA) is 99.8 Å². The Bertz CT molecular complexity index is 528. The van der Waals surface area contributed by atoms with E-state index in [0.717, 1.165) is 35.1 Å². The van der Waals surface area contributed by atoms with Crippen molar-refractivity contribution in [2.24, 2.45) is 0 Å². The molecule has 1 aromatic heterocycles. The van der Waals surface area contributed by atoms with E-state index in [1.807, 2.05) is 11.9 Å². The molecule has 1 heterocycles. The molecule has 0 aromatic carbocycles. The third kappa shape index (κ3) is 3.81. The Balaban J connectivity index is 2.92. The van der Waals surface area contributed by atoms with Crippen molar-refractivity contribution in [3.05, 3.63) is 0 Å². The monoisotopic (exact) mass is 322 g/mol. The van der Waals surface area contributed by atoms with Gasteiger partial charge in [0.25, 0.3) is 0 Å². The van der Waals surface area contributed by atoms with Crippen molar-refractivity contribution in [3.8, 4) is 0 Å². The van der Waals surface area contributed by atoms with Crippen LogP contribution in [0.4, 0.5) is 10.8 Å². The standard InChI is InChI=1S/C11H22N4O3S2/c1-14(2)20(17,18)9-10(12)13-19-11(9)15(3)7-5-4-6-8-16/h16H,4-8H2,1-3H3,(H2,12,13). The summed E-state index contributed by atoms with van der Waals surface area (Å²) in [5, 5.41) is 9.30. The number of hydrogen-bond donors (Lipinski definition) is 2. The van der Waals surface area contributed by atoms with Gasteiger partial charge in [-0.2, -0.15) is 4.37 Å². The lowest BCUT2D eigenvalue weighted by Crippen LogP contribution is -2.26. The van der Waals surface area contributed by atoms with Gasteiger partial charge in [0.15, 0.2) is 10.7 Å². The number of anilines is 2. The van der Waals surface area contributed by atoms with Gasteiger partial charge >= 0.3 is 0 Å². The molecule has 0 atom stereocenters. The molecule has 0 aliphatic carbocycles. The van der Waals surface area contributed by atoms with Crippen LogP contribution < -0.4 is 10.6 Å². The first-order valence-corrected chi connectivity index (χ1v) is 8.53. The molecular formula is C11H22N4O3S2. The Morgan fingerprint density at radius 1 is 1.25 bits per heavy atom. The summed E-state index contributed by atoms with van der Waals surface area (Å²) in [6.45, 7) is 0.870. The van der Waals surface area contributed by atoms with Crippen LogP contribution in [0.5, 0.6) is 0 Å². The SMILES string of the molecule is CN(CCCCCO)c1snc(N)c1S(=O)(=O)N(C)C. The minimum Gasteiger partial charge on any atom is -0.396 e. The molecule has 0 aliphatic heterocycles. The Labute approximate surface area is 124 Å². The number of aliphatic hydroxyl groups is 1. The first-order valence-electron chi connectivity index (χ1n) is 6.32. The number of aliphatic hydroxyl groups excluding tert-OH is 1. The van der Waals surface area contributed by atoms with Crippen LogP contribution in [-0.2, 0) is 10.0 Å². The van der Waals surface area contributed by atoms with Gasteiger partial charge < -0.3 is 15.7 Å². The van der Waals surface area contributed by atoms with Crippen molar-refractivity contribution >= 4 is 32.4 Å². The molecule has 0 aliphatic rings. The van der Waals surface area contributed by atoms with Crippen LogP contribution in [0.15, 0.2) is 4.90 Å². The van der Waals surface area contributed by atoms with Crippen molar-refractivity contribution in [1.82, 2.24) is 8.68 Å². The summed E-state index contributed by atoms with van der Waals surface area (Å²) in [6, 6.07) is 0. The number of unbranched alkanes of at least 4 members (excludes halogenated alkanes) is 2. The molecule has 0 unspecified atom stereocenters. The largest absolute Gasteiger partial charge is 0.396 e. The number of nitrogen functional groups attached to an aromatic ring is 1. The molecular weight excluding hydrogens is 300 g/mol. The third-order valence-electron chi connectivity index (χ3n) is 2.89. The highest BCUT2D eigenvalue weighted by Gasteiger charge is 2.29. The fourth-order valence-corrected chi connectivity index (χ4v) is 3.92. The van der Waals surface area contributed by atoms with Crippen molar-refractivity contribution in [3.63, 3.8) is 0 Å². The molecule has 0 saturated carbocycles. The Kier molecular flexibility index (Phi) is 6.18. The molecule has 1 rings (SSSR count). The molecule has 0 radical (unpaired) electrons. The van der Waals surface area contributed by atoms with E-state index in [0.29, 0.717) is 11.5 Å². The minimum atomic E-state index is -3.60. The van der Waals surface area contributed by atoms with E-state index >= 15 is 0 Å². The molecule has 0 spiro atoms. The lowest BCUT2D eigenvalue weighted by Gasteiger charge is -2.20. The normalized spacial score (nSPS) is 12.1. The van der Waals surface area contributed by atoms with Crippen molar-refractivity contribution in [2.75, 3.05) is 44.9 Å². The van der Waals surface area contributed by atoms with E-state index in [9.17, 15) is 8.42 Å². The van der Waals surface area contributed by atoms with Crippen LogP contribution in [0.25, 0.3) is 0 Å². The Hall–Kier alpha value is -0.900. The summed E-state index contributed by atoms with van der Waals surface area (Å²) >= 11 is 1.09. The van der Waals surface area contributed by atoms with Crippen LogP contribution in [0, 0.1) is 0 Å². The van der Waals surface area contributed by atoms with E-state index in [-0.39, 0.29) is 17.3 Å². The fraction of sp³-hybridized carbons (Fsp3) is 0.727. The van der Waals surface area contributed by atoms with Gasteiger partial charge in [-0.1, -0.05) is 0 Å². The van der Waals surface area contributed by atoms with Gasteiger partial charge in [-0.05, 0) is 30.8 Å². The van der Waals surface area contributed by atoms with Gasteiger partial charge in [-0.25, -0.2) is 12.7 Å². The molecule has 0 amide bonds. The van der Waals surface area contributed by atoms with E-state index < -0.39 is 10.0 Å². The number of aromatic nitrogens is 1. The molecule has 9 heteroatoms. The molecule has 116 valence electrons. The zero-order valence-corrected chi connectivity index (χ0v) is 13.7. The summed E-state index contributed by atoms with van der Waals surface area (Å²) in [7, 11) is 1.16. The number of nitrogens with two attached hydrogens (primary N) is 1. The predicted octanol–water partition coefficient (Wildman–Crippen LogP) is 0.574. The quantitative estimate of drug-likeness (QED) is 0.679. The highest BCUT2D eigenvalue weighted by Crippen LogP contribution is 2.35. The molecule has 3 N–H and O–H groups in total. The van der Waals surface area contributed by atoms with Crippen LogP contribution in [0.3, 0.4) is 0 Å². The van der Waals surface area contributed by atoms with Gasteiger partial charge in [0.1, 0.15) is 5.00 Å². The van der Waals surface area contributed by atoms with Crippen LogP contribution in [-0.4, -0.2) is 56.5 Å². The van der Waals surface area contributed by atoms with Crippen molar-refractivity contribution < 1.29 is 13.5 Å². The average Bonchev–Trinajstić information content (AvgIpc) is 2.76. The van der Waals surface area contributed by atoms with E-state index in [1.54, 1.807) is 0 Å². The summed E-state index contributed by atoms with van der Waals surface area (Å²) < 4.78 is 29.6. The number of sulfonamides is 1. The third-order valence-corrected chi connectivity index (χ3v) is 5.88. The minimum absolute atomic E-state index is 0.0425. The molecule has 1 aromatic rings. The lowest BCUT2D eigenvalue weighted by molar-refractivity contribution is 0.283. The van der Waals surface area contributed by atoms with E-state index in [1.165, 1.54) is 14.1 Å². The van der Waals surface area contributed by atoms with E-state index in [2.05, 4.69) is 4.37 Å². The first-order chi connectivity index (χ1) is 9.32. The second-order valence-electron chi connectivity index (χ2n) is 4.70. The molecule has 0 fully saturated rings. The molecule has 7 nitrogen and oxygen atoms in total. The van der Waals surface area contributed by atoms with Gasteiger partial charge in [-0.3, -0.25) is 0 Å². The maximum atomic E-state index is 12.3. The van der Waals surface area contributed by atoms with Crippen molar-refractivity contribution in [1.29, 1.82) is 0 Å². The van der Waals surface area contributed by atoms with E-state index in [4.69, 9.17) is 10.8 Å². The first kappa shape index (κ1) is 17.2. The molecule has 20 heavy (non-hydrogen) atoms. The highest BCUT2D eigenvalue weighted by molar-refractivity contribution is 7.89. The predicted molar refractivity (Wildman–Crippen MR) is 81.6 cm³/mol. The smallest absolute Gasteiger partial charge is 0.249 e. The number of rotatable bonds is 8. The van der Waals surface area contributed by atoms with Crippen molar-refractivity contribution in [2.45, 2.75) is 24.2 Å². The van der Waals surface area contributed by atoms with Gasteiger partial charge in [0.2, 0.25) is 10.0 Å². The number of nitrogens with zero attached hydrogens (tertiary/aromatic N) is 3. The number of hydrogen-bond acceptors (Lipinski definition) is 7. The molecule has 0 bridgehead atoms. The van der Waals surface area contributed by atoms with Gasteiger partial charge in [0.05, 0.1) is 0 Å². The van der Waals surface area contributed by atoms with Gasteiger partial charge in [0, 0.05) is 34.3 Å². The molecule has 0 saturated heterocycles. The van der Waals surface area contributed by atoms with Gasteiger partial charge in [-0.15, -0.1) is 0 Å². The average molecular weight is 322 g/mol. The Morgan fingerprint density at radius 3 is 2.45 bits per heavy atom. The second kappa shape index (κ2) is 7.21. The van der Waals surface area contributed by atoms with Crippen LogP contribution in [0.1, 0.15) is 19.3 Å². The highest BCUT2D eigenvalue weighted by atomic mass is 32.2. The van der Waals surface area contributed by atoms with Crippen LogP contribution in [0.2, 0.25) is 0 Å². The summed E-state index contributed by atoms with van der Waals surface area (Å²) in [5.74, 6) is 0.0425. The fourth-order valence-electron chi connectivity index (χ4n) is 1.69. The lowest BCUT2D eigenvalue weighted by atomic mass is 10.2. The Morgan fingerprint density at radius 2 is 1.90 bits per heavy atom.